The average Bonchev–Trinajstić information content (AvgIpc) is 2.64. The zero-order chi connectivity index (χ0) is 16.4. The van der Waals surface area contributed by atoms with Crippen molar-refractivity contribution in [3.05, 3.63) is 95.5 Å². The highest BCUT2D eigenvalue weighted by atomic mass is 79.9. The van der Waals surface area contributed by atoms with Gasteiger partial charge in [0.25, 0.3) is 0 Å². The Bertz CT molecular complexity index is 973. The lowest BCUT2D eigenvalue weighted by molar-refractivity contribution is 1.53. The molecule has 0 saturated carbocycles. The van der Waals surface area contributed by atoms with Crippen molar-refractivity contribution in [1.29, 1.82) is 0 Å². The Morgan fingerprint density at radius 1 is 0.542 bits per heavy atom. The summed E-state index contributed by atoms with van der Waals surface area (Å²) >= 11 is 3.46. The summed E-state index contributed by atoms with van der Waals surface area (Å²) in [5.74, 6) is 0. The Labute approximate surface area is 150 Å². The number of hydrogen-bond acceptors (Lipinski definition) is 1. The smallest absolute Gasteiger partial charge is 0.0384 e. The first-order valence-electron chi connectivity index (χ1n) is 7.90. The van der Waals surface area contributed by atoms with E-state index in [1.54, 1.807) is 0 Å². The van der Waals surface area contributed by atoms with Crippen LogP contribution in [0.1, 0.15) is 0 Å². The molecule has 0 aliphatic rings. The second-order valence-electron chi connectivity index (χ2n) is 5.77. The van der Waals surface area contributed by atoms with Gasteiger partial charge in [0, 0.05) is 15.8 Å². The van der Waals surface area contributed by atoms with E-state index in [0.717, 1.165) is 15.8 Å². The number of anilines is 2. The first kappa shape index (κ1) is 15.0. The van der Waals surface area contributed by atoms with Crippen LogP contribution in [0.15, 0.2) is 95.5 Å². The van der Waals surface area contributed by atoms with Crippen molar-refractivity contribution in [2.75, 3.05) is 5.32 Å². The first-order valence-corrected chi connectivity index (χ1v) is 8.69. The van der Waals surface area contributed by atoms with Gasteiger partial charge in [0.15, 0.2) is 0 Å². The topological polar surface area (TPSA) is 12.0 Å². The summed E-state index contributed by atoms with van der Waals surface area (Å²) in [4.78, 5) is 0. The van der Waals surface area contributed by atoms with E-state index in [9.17, 15) is 0 Å². The predicted molar refractivity (Wildman–Crippen MR) is 107 cm³/mol. The molecule has 2 heteroatoms. The van der Waals surface area contributed by atoms with Crippen LogP contribution in [-0.4, -0.2) is 0 Å². The van der Waals surface area contributed by atoms with Crippen LogP contribution in [0.4, 0.5) is 11.4 Å². The maximum Gasteiger partial charge on any atom is 0.0384 e. The molecule has 0 fully saturated rings. The van der Waals surface area contributed by atoms with Crippen molar-refractivity contribution >= 4 is 38.1 Å². The highest BCUT2D eigenvalue weighted by molar-refractivity contribution is 9.10. The molecule has 1 nitrogen and oxygen atoms in total. The second kappa shape index (κ2) is 6.50. The predicted octanol–water partition coefficient (Wildman–Crippen LogP) is 7.01. The van der Waals surface area contributed by atoms with Crippen LogP contribution < -0.4 is 5.32 Å². The van der Waals surface area contributed by atoms with Gasteiger partial charge in [-0.25, -0.2) is 0 Å². The van der Waals surface area contributed by atoms with Gasteiger partial charge in [-0.2, -0.15) is 0 Å². The molecule has 4 aromatic carbocycles. The molecule has 0 aliphatic heterocycles. The Morgan fingerprint density at radius 2 is 1.12 bits per heavy atom. The molecule has 0 aromatic heterocycles. The summed E-state index contributed by atoms with van der Waals surface area (Å²) in [6.07, 6.45) is 0. The molecule has 1 N–H and O–H groups in total. The highest BCUT2D eigenvalue weighted by Gasteiger charge is 2.01. The van der Waals surface area contributed by atoms with Crippen molar-refractivity contribution in [2.45, 2.75) is 0 Å². The number of rotatable bonds is 3. The summed E-state index contributed by atoms with van der Waals surface area (Å²) in [5, 5.41) is 5.96. The molecule has 0 radical (unpaired) electrons. The maximum atomic E-state index is 3.46. The summed E-state index contributed by atoms with van der Waals surface area (Å²) in [6.45, 7) is 0. The SMILES string of the molecule is Brc1ccc(Nc2ccc(-c3ccc4ccccc4c3)cc2)cc1. The summed E-state index contributed by atoms with van der Waals surface area (Å²) in [7, 11) is 0. The van der Waals surface area contributed by atoms with Crippen molar-refractivity contribution in [2.24, 2.45) is 0 Å². The van der Waals surface area contributed by atoms with E-state index >= 15 is 0 Å². The molecule has 4 rings (SSSR count). The quantitative estimate of drug-likeness (QED) is 0.407. The third-order valence-electron chi connectivity index (χ3n) is 4.10. The van der Waals surface area contributed by atoms with Gasteiger partial charge in [-0.05, 0) is 64.4 Å². The molecule has 0 spiro atoms. The van der Waals surface area contributed by atoms with E-state index < -0.39 is 0 Å². The van der Waals surface area contributed by atoms with Crippen LogP contribution in [0.25, 0.3) is 21.9 Å². The Balaban J connectivity index is 1.59. The molecule has 0 amide bonds. The third kappa shape index (κ3) is 3.19. The fourth-order valence-corrected chi connectivity index (χ4v) is 3.08. The summed E-state index contributed by atoms with van der Waals surface area (Å²) in [5.41, 5.74) is 4.63. The maximum absolute atomic E-state index is 3.46. The summed E-state index contributed by atoms with van der Waals surface area (Å²) < 4.78 is 1.08. The van der Waals surface area contributed by atoms with Gasteiger partial charge in [0.2, 0.25) is 0 Å². The third-order valence-corrected chi connectivity index (χ3v) is 4.63. The van der Waals surface area contributed by atoms with E-state index in [0.29, 0.717) is 0 Å². The van der Waals surface area contributed by atoms with Crippen molar-refractivity contribution < 1.29 is 0 Å². The Kier molecular flexibility index (Phi) is 4.06. The van der Waals surface area contributed by atoms with Gasteiger partial charge in [-0.3, -0.25) is 0 Å². The molecule has 24 heavy (non-hydrogen) atoms. The van der Waals surface area contributed by atoms with E-state index in [-0.39, 0.29) is 0 Å². The normalized spacial score (nSPS) is 10.7. The van der Waals surface area contributed by atoms with Gasteiger partial charge in [0.05, 0.1) is 0 Å². The molecule has 0 heterocycles. The monoisotopic (exact) mass is 373 g/mol. The minimum absolute atomic E-state index is 1.08. The Morgan fingerprint density at radius 3 is 1.83 bits per heavy atom. The second-order valence-corrected chi connectivity index (χ2v) is 6.69. The number of hydrogen-bond donors (Lipinski definition) is 1. The van der Waals surface area contributed by atoms with Gasteiger partial charge in [0.1, 0.15) is 0 Å². The van der Waals surface area contributed by atoms with E-state index in [1.165, 1.54) is 21.9 Å². The van der Waals surface area contributed by atoms with Crippen LogP contribution >= 0.6 is 15.9 Å². The van der Waals surface area contributed by atoms with Crippen LogP contribution in [0.2, 0.25) is 0 Å². The van der Waals surface area contributed by atoms with Gasteiger partial charge in [-0.15, -0.1) is 0 Å². The molecule has 0 saturated heterocycles. The largest absolute Gasteiger partial charge is 0.356 e. The Hall–Kier alpha value is -2.58. The zero-order valence-corrected chi connectivity index (χ0v) is 14.6. The first-order chi connectivity index (χ1) is 11.8. The van der Waals surface area contributed by atoms with Crippen LogP contribution in [0.5, 0.6) is 0 Å². The number of fused-ring (bicyclic) bond motifs is 1. The van der Waals surface area contributed by atoms with Crippen molar-refractivity contribution in [3.63, 3.8) is 0 Å². The molecule has 4 aromatic rings. The van der Waals surface area contributed by atoms with E-state index in [2.05, 4.69) is 100 Å². The molecular formula is C22H16BrN. The van der Waals surface area contributed by atoms with Crippen LogP contribution in [0.3, 0.4) is 0 Å². The molecule has 0 aliphatic carbocycles. The molecule has 0 bridgehead atoms. The van der Waals surface area contributed by atoms with E-state index in [4.69, 9.17) is 0 Å². The average molecular weight is 374 g/mol. The minimum Gasteiger partial charge on any atom is -0.356 e. The highest BCUT2D eigenvalue weighted by Crippen LogP contribution is 2.26. The van der Waals surface area contributed by atoms with Gasteiger partial charge < -0.3 is 5.32 Å². The number of benzene rings is 4. The summed E-state index contributed by atoms with van der Waals surface area (Å²) in [6, 6.07) is 31.8. The van der Waals surface area contributed by atoms with Gasteiger partial charge >= 0.3 is 0 Å². The number of halogens is 1. The number of nitrogens with one attached hydrogen (secondary N) is 1. The lowest BCUT2D eigenvalue weighted by atomic mass is 10.0. The zero-order valence-electron chi connectivity index (χ0n) is 13.0. The van der Waals surface area contributed by atoms with E-state index in [1.807, 2.05) is 12.1 Å². The van der Waals surface area contributed by atoms with Gasteiger partial charge in [-0.1, -0.05) is 64.5 Å². The molecule has 0 atom stereocenters. The van der Waals surface area contributed by atoms with Crippen molar-refractivity contribution in [1.82, 2.24) is 0 Å². The molecule has 116 valence electrons. The lowest BCUT2D eigenvalue weighted by Gasteiger charge is -2.09. The fourth-order valence-electron chi connectivity index (χ4n) is 2.81. The fraction of sp³-hybridized carbons (Fsp3) is 0. The lowest BCUT2D eigenvalue weighted by Crippen LogP contribution is -1.89. The standard InChI is InChI=1S/C22H16BrN/c23-20-9-13-22(14-10-20)24-21-11-7-17(8-12-21)19-6-5-16-3-1-2-4-18(16)15-19/h1-15,24H. The van der Waals surface area contributed by atoms with Crippen molar-refractivity contribution in [3.8, 4) is 11.1 Å². The van der Waals surface area contributed by atoms with Crippen LogP contribution in [0, 0.1) is 0 Å². The van der Waals surface area contributed by atoms with Crippen LogP contribution in [-0.2, 0) is 0 Å². The minimum atomic E-state index is 1.08. The molecule has 0 unspecified atom stereocenters. The molecular weight excluding hydrogens is 358 g/mol.